The van der Waals surface area contributed by atoms with Crippen LogP contribution >= 0.6 is 0 Å². The van der Waals surface area contributed by atoms with E-state index in [1.165, 1.54) is 18.2 Å². The van der Waals surface area contributed by atoms with Crippen molar-refractivity contribution in [2.45, 2.75) is 13.5 Å². The predicted octanol–water partition coefficient (Wildman–Crippen LogP) is 2.14. The van der Waals surface area contributed by atoms with E-state index in [4.69, 9.17) is 0 Å². The Balaban J connectivity index is 2.17. The zero-order chi connectivity index (χ0) is 14.0. The van der Waals surface area contributed by atoms with E-state index >= 15 is 0 Å². The van der Waals surface area contributed by atoms with E-state index in [0.717, 1.165) is 5.82 Å². The number of amides is 1. The van der Waals surface area contributed by atoms with Crippen LogP contribution in [0, 0.1) is 12.7 Å². The van der Waals surface area contributed by atoms with E-state index < -0.39 is 0 Å². The van der Waals surface area contributed by atoms with Gasteiger partial charge in [0.05, 0.1) is 6.54 Å². The molecule has 19 heavy (non-hydrogen) atoms. The number of imidazole rings is 1. The van der Waals surface area contributed by atoms with Gasteiger partial charge in [0.25, 0.3) is 5.91 Å². The predicted molar refractivity (Wildman–Crippen MR) is 70.1 cm³/mol. The van der Waals surface area contributed by atoms with Gasteiger partial charge in [0.15, 0.2) is 0 Å². The Bertz CT molecular complexity index is 606. The third kappa shape index (κ3) is 2.81. The first kappa shape index (κ1) is 13.3. The molecule has 0 spiro atoms. The van der Waals surface area contributed by atoms with Crippen LogP contribution in [0.25, 0.3) is 0 Å². The average molecular weight is 261 g/mol. The van der Waals surface area contributed by atoms with Crippen LogP contribution in [0.5, 0.6) is 0 Å². The summed E-state index contributed by atoms with van der Waals surface area (Å²) in [5.74, 6) is 0.330. The lowest BCUT2D eigenvalue weighted by atomic mass is 10.1. The van der Waals surface area contributed by atoms with Gasteiger partial charge in [0.1, 0.15) is 11.6 Å². The van der Waals surface area contributed by atoms with Crippen LogP contribution in [0.3, 0.4) is 0 Å². The summed E-state index contributed by atoms with van der Waals surface area (Å²) in [7, 11) is 3.59. The Hall–Kier alpha value is -2.17. The molecule has 0 aliphatic rings. The largest absolute Gasteiger partial charge is 0.337 e. The number of benzene rings is 1. The van der Waals surface area contributed by atoms with Gasteiger partial charge < -0.3 is 9.47 Å². The van der Waals surface area contributed by atoms with Gasteiger partial charge in [-0.25, -0.2) is 9.37 Å². The Labute approximate surface area is 111 Å². The molecule has 4 nitrogen and oxygen atoms in total. The molecule has 0 unspecified atom stereocenters. The molecule has 1 aromatic heterocycles. The maximum atomic E-state index is 13.0. The molecule has 0 atom stereocenters. The van der Waals surface area contributed by atoms with Gasteiger partial charge in [-0.2, -0.15) is 0 Å². The summed E-state index contributed by atoms with van der Waals surface area (Å²) >= 11 is 0. The van der Waals surface area contributed by atoms with Crippen molar-refractivity contribution in [3.63, 3.8) is 0 Å². The fourth-order valence-corrected chi connectivity index (χ4v) is 1.91. The molecule has 1 amide bonds. The van der Waals surface area contributed by atoms with Gasteiger partial charge in [0.2, 0.25) is 0 Å². The molecule has 0 aliphatic heterocycles. The molecule has 1 heterocycles. The smallest absolute Gasteiger partial charge is 0.254 e. The van der Waals surface area contributed by atoms with Gasteiger partial charge in [-0.1, -0.05) is 0 Å². The molecule has 0 radical (unpaired) electrons. The summed E-state index contributed by atoms with van der Waals surface area (Å²) < 4.78 is 14.9. The number of nitrogens with zero attached hydrogens (tertiary/aromatic N) is 3. The molecular formula is C14H16FN3O. The maximum absolute atomic E-state index is 13.0. The van der Waals surface area contributed by atoms with E-state index in [9.17, 15) is 9.18 Å². The lowest BCUT2D eigenvalue weighted by Gasteiger charge is -2.18. The highest BCUT2D eigenvalue weighted by atomic mass is 19.1. The monoisotopic (exact) mass is 261 g/mol. The molecular weight excluding hydrogens is 245 g/mol. The van der Waals surface area contributed by atoms with Crippen molar-refractivity contribution in [2.24, 2.45) is 7.05 Å². The molecule has 0 fully saturated rings. The molecule has 0 saturated carbocycles. The number of hydrogen-bond donors (Lipinski definition) is 0. The fourth-order valence-electron chi connectivity index (χ4n) is 1.91. The number of halogens is 1. The highest BCUT2D eigenvalue weighted by molar-refractivity contribution is 5.95. The topological polar surface area (TPSA) is 38.1 Å². The number of carbonyl (C=O) groups excluding carboxylic acids is 1. The number of rotatable bonds is 3. The van der Waals surface area contributed by atoms with Crippen molar-refractivity contribution in [1.29, 1.82) is 0 Å². The minimum absolute atomic E-state index is 0.138. The first-order valence-electron chi connectivity index (χ1n) is 5.97. The van der Waals surface area contributed by atoms with E-state index in [-0.39, 0.29) is 11.7 Å². The second-order valence-corrected chi connectivity index (χ2v) is 4.57. The van der Waals surface area contributed by atoms with E-state index in [1.807, 2.05) is 17.8 Å². The third-order valence-electron chi connectivity index (χ3n) is 3.07. The van der Waals surface area contributed by atoms with Crippen LogP contribution in [0.4, 0.5) is 4.39 Å². The molecule has 0 aliphatic carbocycles. The van der Waals surface area contributed by atoms with Crippen LogP contribution < -0.4 is 0 Å². The summed E-state index contributed by atoms with van der Waals surface area (Å²) in [6.45, 7) is 2.14. The molecule has 1 aromatic carbocycles. The third-order valence-corrected chi connectivity index (χ3v) is 3.07. The molecule has 2 rings (SSSR count). The molecule has 0 N–H and O–H groups in total. The SMILES string of the molecule is Cc1cc(F)ccc1C(=O)N(C)Cc1nccn1C. The van der Waals surface area contributed by atoms with E-state index in [1.54, 1.807) is 25.1 Å². The van der Waals surface area contributed by atoms with Gasteiger partial charge in [-0.05, 0) is 30.7 Å². The zero-order valence-electron chi connectivity index (χ0n) is 11.2. The fraction of sp³-hybridized carbons (Fsp3) is 0.286. The number of carbonyl (C=O) groups is 1. The average Bonchev–Trinajstić information content (AvgIpc) is 2.74. The normalized spacial score (nSPS) is 10.5. The summed E-state index contributed by atoms with van der Waals surface area (Å²) in [4.78, 5) is 18.0. The van der Waals surface area contributed by atoms with Crippen LogP contribution in [0.1, 0.15) is 21.7 Å². The van der Waals surface area contributed by atoms with Crippen molar-refractivity contribution >= 4 is 5.91 Å². The summed E-state index contributed by atoms with van der Waals surface area (Å²) in [6.07, 6.45) is 3.52. The van der Waals surface area contributed by atoms with Crippen LogP contribution in [-0.2, 0) is 13.6 Å². The number of aryl methyl sites for hydroxylation is 2. The summed E-state index contributed by atoms with van der Waals surface area (Å²) in [5.41, 5.74) is 1.15. The molecule has 100 valence electrons. The standard InChI is InChI=1S/C14H16FN3O/c1-10-8-11(15)4-5-12(10)14(19)18(3)9-13-16-6-7-17(13)2/h4-8H,9H2,1-3H3. The second kappa shape index (κ2) is 5.22. The zero-order valence-corrected chi connectivity index (χ0v) is 11.2. The van der Waals surface area contributed by atoms with Crippen molar-refractivity contribution in [3.05, 3.63) is 53.4 Å². The quantitative estimate of drug-likeness (QED) is 0.849. The van der Waals surface area contributed by atoms with Crippen LogP contribution in [0.15, 0.2) is 30.6 Å². The van der Waals surface area contributed by atoms with Gasteiger partial charge in [-0.15, -0.1) is 0 Å². The van der Waals surface area contributed by atoms with E-state index in [0.29, 0.717) is 17.7 Å². The molecule has 2 aromatic rings. The van der Waals surface area contributed by atoms with Crippen molar-refractivity contribution in [1.82, 2.24) is 14.5 Å². The highest BCUT2D eigenvalue weighted by Crippen LogP contribution is 2.13. The lowest BCUT2D eigenvalue weighted by Crippen LogP contribution is -2.28. The van der Waals surface area contributed by atoms with Crippen molar-refractivity contribution in [3.8, 4) is 0 Å². The van der Waals surface area contributed by atoms with E-state index in [2.05, 4.69) is 4.98 Å². The van der Waals surface area contributed by atoms with Crippen molar-refractivity contribution < 1.29 is 9.18 Å². The lowest BCUT2D eigenvalue weighted by molar-refractivity contribution is 0.0780. The highest BCUT2D eigenvalue weighted by Gasteiger charge is 2.16. The first-order chi connectivity index (χ1) is 8.99. The Kier molecular flexibility index (Phi) is 3.64. The Morgan fingerprint density at radius 3 is 2.79 bits per heavy atom. The van der Waals surface area contributed by atoms with Crippen molar-refractivity contribution in [2.75, 3.05) is 7.05 Å². The van der Waals surface area contributed by atoms with Gasteiger partial charge in [-0.3, -0.25) is 4.79 Å². The Morgan fingerprint density at radius 1 is 1.47 bits per heavy atom. The minimum atomic E-state index is -0.333. The van der Waals surface area contributed by atoms with Gasteiger partial charge >= 0.3 is 0 Å². The maximum Gasteiger partial charge on any atom is 0.254 e. The summed E-state index contributed by atoms with van der Waals surface area (Å²) in [5, 5.41) is 0. The molecule has 5 heteroatoms. The Morgan fingerprint density at radius 2 is 2.21 bits per heavy atom. The van der Waals surface area contributed by atoms with Crippen LogP contribution in [-0.4, -0.2) is 27.4 Å². The molecule has 0 saturated heterocycles. The van der Waals surface area contributed by atoms with Crippen LogP contribution in [0.2, 0.25) is 0 Å². The number of aromatic nitrogens is 2. The summed E-state index contributed by atoms with van der Waals surface area (Å²) in [6, 6.07) is 4.18. The second-order valence-electron chi connectivity index (χ2n) is 4.57. The number of hydrogen-bond acceptors (Lipinski definition) is 2. The minimum Gasteiger partial charge on any atom is -0.337 e. The first-order valence-corrected chi connectivity index (χ1v) is 5.97. The van der Waals surface area contributed by atoms with Gasteiger partial charge in [0, 0.05) is 32.1 Å². The molecule has 0 bridgehead atoms.